The molecule has 1 heterocycles. The van der Waals surface area contributed by atoms with Gasteiger partial charge < -0.3 is 14.2 Å². The van der Waals surface area contributed by atoms with Gasteiger partial charge in [-0.1, -0.05) is 0 Å². The number of benzene rings is 1. The lowest BCUT2D eigenvalue weighted by molar-refractivity contribution is 0.171. The van der Waals surface area contributed by atoms with Crippen LogP contribution in [-0.4, -0.2) is 36.2 Å². The number of methoxy groups -OCH3 is 1. The van der Waals surface area contributed by atoms with Crippen LogP contribution in [0.3, 0.4) is 0 Å². The Kier molecular flexibility index (Phi) is 3.59. The lowest BCUT2D eigenvalue weighted by Gasteiger charge is -2.33. The second-order valence-electron chi connectivity index (χ2n) is 6.03. The molecule has 0 aliphatic carbocycles. The first-order chi connectivity index (χ1) is 8.85. The standard InChI is InChI=1S/C16H24N2O/c1-12-9-13-7-8-18(11-16(2,3)17(4)5)14(13)10-15(12)19-6/h7-10H,11H2,1-6H3. The molecular formula is C16H24N2O. The number of hydrogen-bond acceptors (Lipinski definition) is 2. The van der Waals surface area contributed by atoms with Gasteiger partial charge in [0.2, 0.25) is 0 Å². The largest absolute Gasteiger partial charge is 0.496 e. The Balaban J connectivity index is 2.45. The number of aromatic nitrogens is 1. The first-order valence-corrected chi connectivity index (χ1v) is 6.66. The Labute approximate surface area is 115 Å². The molecule has 1 aromatic carbocycles. The van der Waals surface area contributed by atoms with Crippen molar-refractivity contribution in [3.8, 4) is 5.75 Å². The summed E-state index contributed by atoms with van der Waals surface area (Å²) in [4.78, 5) is 2.25. The molecule has 0 radical (unpaired) electrons. The van der Waals surface area contributed by atoms with Gasteiger partial charge in [-0.3, -0.25) is 0 Å². The predicted octanol–water partition coefficient (Wildman–Crippen LogP) is 3.30. The molecule has 0 N–H and O–H groups in total. The Morgan fingerprint density at radius 2 is 1.95 bits per heavy atom. The van der Waals surface area contributed by atoms with E-state index < -0.39 is 0 Å². The van der Waals surface area contributed by atoms with Crippen LogP contribution < -0.4 is 4.74 Å². The summed E-state index contributed by atoms with van der Waals surface area (Å²) in [6.45, 7) is 7.55. The van der Waals surface area contributed by atoms with E-state index in [0.717, 1.165) is 12.3 Å². The molecule has 0 aliphatic heterocycles. The first-order valence-electron chi connectivity index (χ1n) is 6.66. The molecule has 0 saturated heterocycles. The van der Waals surface area contributed by atoms with E-state index in [1.807, 2.05) is 0 Å². The molecule has 0 bridgehead atoms. The second kappa shape index (κ2) is 4.89. The Bertz CT molecular complexity index is 582. The summed E-state index contributed by atoms with van der Waals surface area (Å²) in [6.07, 6.45) is 2.16. The number of ether oxygens (including phenoxy) is 1. The molecule has 0 saturated carbocycles. The van der Waals surface area contributed by atoms with E-state index >= 15 is 0 Å². The van der Waals surface area contributed by atoms with Crippen molar-refractivity contribution in [1.82, 2.24) is 9.47 Å². The number of fused-ring (bicyclic) bond motifs is 1. The molecule has 1 aromatic heterocycles. The fourth-order valence-corrected chi connectivity index (χ4v) is 2.25. The van der Waals surface area contributed by atoms with Crippen LogP contribution in [0.4, 0.5) is 0 Å². The maximum absolute atomic E-state index is 5.43. The van der Waals surface area contributed by atoms with Gasteiger partial charge in [0.1, 0.15) is 5.75 Å². The summed E-state index contributed by atoms with van der Waals surface area (Å²) in [5.74, 6) is 0.954. The van der Waals surface area contributed by atoms with E-state index in [0.29, 0.717) is 0 Å². The van der Waals surface area contributed by atoms with Crippen molar-refractivity contribution in [2.24, 2.45) is 0 Å². The molecule has 3 heteroatoms. The zero-order chi connectivity index (χ0) is 14.2. The summed E-state index contributed by atoms with van der Waals surface area (Å²) in [5.41, 5.74) is 2.53. The minimum atomic E-state index is 0.115. The third kappa shape index (κ3) is 2.61. The van der Waals surface area contributed by atoms with Crippen LogP contribution in [0.2, 0.25) is 0 Å². The molecule has 0 atom stereocenters. The van der Waals surface area contributed by atoms with E-state index in [4.69, 9.17) is 4.74 Å². The SMILES string of the molecule is COc1cc2c(ccn2CC(C)(C)N(C)C)cc1C. The summed E-state index contributed by atoms with van der Waals surface area (Å²) in [7, 11) is 5.97. The molecular weight excluding hydrogens is 236 g/mol. The molecule has 0 aliphatic rings. The van der Waals surface area contributed by atoms with Crippen LogP contribution in [0.15, 0.2) is 24.4 Å². The first kappa shape index (κ1) is 13.9. The highest BCUT2D eigenvalue weighted by Gasteiger charge is 2.21. The third-order valence-corrected chi connectivity index (χ3v) is 4.06. The summed E-state index contributed by atoms with van der Waals surface area (Å²) in [5, 5.41) is 1.27. The smallest absolute Gasteiger partial charge is 0.123 e. The van der Waals surface area contributed by atoms with Gasteiger partial charge in [-0.25, -0.2) is 0 Å². The molecule has 0 unspecified atom stereocenters. The lowest BCUT2D eigenvalue weighted by atomic mass is 10.0. The minimum Gasteiger partial charge on any atom is -0.496 e. The number of nitrogens with zero attached hydrogens (tertiary/aromatic N) is 2. The predicted molar refractivity (Wildman–Crippen MR) is 81.0 cm³/mol. The number of aryl methyl sites for hydroxylation is 1. The fourth-order valence-electron chi connectivity index (χ4n) is 2.25. The Morgan fingerprint density at radius 3 is 2.53 bits per heavy atom. The van der Waals surface area contributed by atoms with E-state index in [-0.39, 0.29) is 5.54 Å². The van der Waals surface area contributed by atoms with Gasteiger partial charge in [-0.2, -0.15) is 0 Å². The van der Waals surface area contributed by atoms with Gasteiger partial charge in [0, 0.05) is 29.7 Å². The zero-order valence-corrected chi connectivity index (χ0v) is 12.8. The average Bonchev–Trinajstić information content (AvgIpc) is 2.69. The Morgan fingerprint density at radius 1 is 1.26 bits per heavy atom. The van der Waals surface area contributed by atoms with Crippen molar-refractivity contribution in [3.05, 3.63) is 30.0 Å². The van der Waals surface area contributed by atoms with Crippen LogP contribution in [0.25, 0.3) is 10.9 Å². The highest BCUT2D eigenvalue weighted by Crippen LogP contribution is 2.27. The molecule has 2 rings (SSSR count). The van der Waals surface area contributed by atoms with Crippen molar-refractivity contribution in [3.63, 3.8) is 0 Å². The summed E-state index contributed by atoms with van der Waals surface area (Å²) in [6, 6.07) is 6.50. The van der Waals surface area contributed by atoms with Crippen molar-refractivity contribution in [1.29, 1.82) is 0 Å². The highest BCUT2D eigenvalue weighted by molar-refractivity contribution is 5.82. The molecule has 19 heavy (non-hydrogen) atoms. The number of hydrogen-bond donors (Lipinski definition) is 0. The summed E-state index contributed by atoms with van der Waals surface area (Å²) >= 11 is 0. The van der Waals surface area contributed by atoms with Crippen LogP contribution in [-0.2, 0) is 6.54 Å². The minimum absolute atomic E-state index is 0.115. The zero-order valence-electron chi connectivity index (χ0n) is 12.8. The van der Waals surface area contributed by atoms with Gasteiger partial charge >= 0.3 is 0 Å². The quantitative estimate of drug-likeness (QED) is 0.839. The van der Waals surface area contributed by atoms with Crippen LogP contribution >= 0.6 is 0 Å². The van der Waals surface area contributed by atoms with Crippen molar-refractivity contribution < 1.29 is 4.74 Å². The average molecular weight is 260 g/mol. The van der Waals surface area contributed by atoms with Gasteiger partial charge in [-0.05, 0) is 52.6 Å². The van der Waals surface area contributed by atoms with Crippen LogP contribution in [0.5, 0.6) is 5.75 Å². The van der Waals surface area contributed by atoms with Crippen molar-refractivity contribution >= 4 is 10.9 Å². The lowest BCUT2D eigenvalue weighted by Crippen LogP contribution is -2.41. The Hall–Kier alpha value is -1.48. The summed E-state index contributed by atoms with van der Waals surface area (Å²) < 4.78 is 7.73. The highest BCUT2D eigenvalue weighted by atomic mass is 16.5. The van der Waals surface area contributed by atoms with E-state index in [2.05, 4.69) is 68.7 Å². The normalized spacial score (nSPS) is 12.4. The monoisotopic (exact) mass is 260 g/mol. The van der Waals surface area contributed by atoms with E-state index in [1.54, 1.807) is 7.11 Å². The fraction of sp³-hybridized carbons (Fsp3) is 0.500. The number of rotatable bonds is 4. The molecule has 0 amide bonds. The van der Waals surface area contributed by atoms with E-state index in [1.165, 1.54) is 16.5 Å². The topological polar surface area (TPSA) is 17.4 Å². The van der Waals surface area contributed by atoms with E-state index in [9.17, 15) is 0 Å². The van der Waals surface area contributed by atoms with Gasteiger partial charge in [0.15, 0.2) is 0 Å². The third-order valence-electron chi connectivity index (χ3n) is 4.06. The molecule has 0 fully saturated rings. The van der Waals surface area contributed by atoms with Gasteiger partial charge in [0.25, 0.3) is 0 Å². The number of likely N-dealkylation sites (N-methyl/N-ethyl adjacent to an activating group) is 1. The van der Waals surface area contributed by atoms with Gasteiger partial charge in [0.05, 0.1) is 12.6 Å². The van der Waals surface area contributed by atoms with Crippen LogP contribution in [0, 0.1) is 6.92 Å². The molecule has 0 spiro atoms. The van der Waals surface area contributed by atoms with Crippen molar-refractivity contribution in [2.45, 2.75) is 32.9 Å². The molecule has 104 valence electrons. The maximum Gasteiger partial charge on any atom is 0.123 e. The molecule has 2 aromatic rings. The molecule has 3 nitrogen and oxygen atoms in total. The second-order valence-corrected chi connectivity index (χ2v) is 6.03. The van der Waals surface area contributed by atoms with Crippen molar-refractivity contribution in [2.75, 3.05) is 21.2 Å². The maximum atomic E-state index is 5.43. The van der Waals surface area contributed by atoms with Crippen LogP contribution in [0.1, 0.15) is 19.4 Å². The van der Waals surface area contributed by atoms with Gasteiger partial charge in [-0.15, -0.1) is 0 Å².